The van der Waals surface area contributed by atoms with Gasteiger partial charge in [0.05, 0.1) is 6.42 Å². The number of nitrogens with zero attached hydrogens (tertiary/aromatic N) is 4. The Kier molecular flexibility index (Phi) is 3.85. The van der Waals surface area contributed by atoms with Crippen LogP contribution in [-0.2, 0) is 11.2 Å². The number of hydrogen-bond donors (Lipinski definition) is 0. The minimum atomic E-state index is 0.169. The second-order valence-electron chi connectivity index (χ2n) is 5.13. The first kappa shape index (κ1) is 13.6. The summed E-state index contributed by atoms with van der Waals surface area (Å²) in [6, 6.07) is 10.4. The number of carbonyl (C=O) groups excluding carboxylic acids is 1. The fraction of sp³-hybridized carbons (Fsp3) is 0.400. The van der Waals surface area contributed by atoms with Gasteiger partial charge >= 0.3 is 6.01 Å². The fourth-order valence-electron chi connectivity index (χ4n) is 2.44. The first-order chi connectivity index (χ1) is 10.2. The molecule has 0 atom stereocenters. The molecule has 0 N–H and O–H groups in total. The van der Waals surface area contributed by atoms with E-state index in [0.717, 1.165) is 18.7 Å². The van der Waals surface area contributed by atoms with E-state index in [1.807, 2.05) is 40.1 Å². The van der Waals surface area contributed by atoms with E-state index in [9.17, 15) is 4.79 Å². The minimum Gasteiger partial charge on any atom is -0.408 e. The Hall–Kier alpha value is -2.37. The van der Waals surface area contributed by atoms with Gasteiger partial charge in [0.1, 0.15) is 0 Å². The molecule has 1 amide bonds. The molecule has 1 aromatic heterocycles. The highest BCUT2D eigenvalue weighted by atomic mass is 16.4. The molecule has 0 spiro atoms. The van der Waals surface area contributed by atoms with Gasteiger partial charge in [-0.25, -0.2) is 0 Å². The van der Waals surface area contributed by atoms with Crippen LogP contribution in [0.25, 0.3) is 0 Å². The molecule has 1 aliphatic rings. The molecule has 1 aliphatic heterocycles. The van der Waals surface area contributed by atoms with E-state index in [1.165, 1.54) is 0 Å². The zero-order valence-corrected chi connectivity index (χ0v) is 12.0. The number of carbonyl (C=O) groups is 1. The molecular formula is C15H18N4O2. The second kappa shape index (κ2) is 5.95. The van der Waals surface area contributed by atoms with E-state index in [1.54, 1.807) is 6.92 Å². The van der Waals surface area contributed by atoms with Crippen LogP contribution >= 0.6 is 0 Å². The SMILES string of the molecule is Cc1nnc(N2CCN(C(=O)Cc3ccccc3)CC2)o1. The van der Waals surface area contributed by atoms with Crippen molar-refractivity contribution >= 4 is 11.9 Å². The minimum absolute atomic E-state index is 0.169. The molecular weight excluding hydrogens is 268 g/mol. The predicted molar refractivity (Wildman–Crippen MR) is 78.0 cm³/mol. The zero-order valence-electron chi connectivity index (χ0n) is 12.0. The van der Waals surface area contributed by atoms with Gasteiger partial charge in [0, 0.05) is 33.1 Å². The van der Waals surface area contributed by atoms with Crippen LogP contribution in [0.2, 0.25) is 0 Å². The topological polar surface area (TPSA) is 62.5 Å². The van der Waals surface area contributed by atoms with E-state index < -0.39 is 0 Å². The largest absolute Gasteiger partial charge is 0.408 e. The summed E-state index contributed by atoms with van der Waals surface area (Å²) in [6.07, 6.45) is 0.459. The van der Waals surface area contributed by atoms with Gasteiger partial charge in [-0.05, 0) is 5.56 Å². The van der Waals surface area contributed by atoms with E-state index in [2.05, 4.69) is 10.2 Å². The molecule has 6 nitrogen and oxygen atoms in total. The van der Waals surface area contributed by atoms with Crippen molar-refractivity contribution in [2.75, 3.05) is 31.1 Å². The van der Waals surface area contributed by atoms with Crippen molar-refractivity contribution in [1.29, 1.82) is 0 Å². The number of amides is 1. The molecule has 2 heterocycles. The lowest BCUT2D eigenvalue weighted by molar-refractivity contribution is -0.130. The third kappa shape index (κ3) is 3.21. The van der Waals surface area contributed by atoms with Crippen molar-refractivity contribution in [1.82, 2.24) is 15.1 Å². The van der Waals surface area contributed by atoms with Gasteiger partial charge < -0.3 is 14.2 Å². The molecule has 0 bridgehead atoms. The van der Waals surface area contributed by atoms with Crippen LogP contribution in [0.3, 0.4) is 0 Å². The molecule has 0 radical (unpaired) electrons. The molecule has 3 rings (SSSR count). The van der Waals surface area contributed by atoms with Crippen molar-refractivity contribution in [2.45, 2.75) is 13.3 Å². The van der Waals surface area contributed by atoms with E-state index in [-0.39, 0.29) is 5.91 Å². The molecule has 0 unspecified atom stereocenters. The van der Waals surface area contributed by atoms with Gasteiger partial charge in [0.15, 0.2) is 0 Å². The number of rotatable bonds is 3. The Morgan fingerprint density at radius 1 is 1.14 bits per heavy atom. The van der Waals surface area contributed by atoms with Crippen molar-refractivity contribution < 1.29 is 9.21 Å². The van der Waals surface area contributed by atoms with Crippen LogP contribution in [0.4, 0.5) is 6.01 Å². The van der Waals surface area contributed by atoms with Crippen molar-refractivity contribution in [2.24, 2.45) is 0 Å². The number of anilines is 1. The number of hydrogen-bond acceptors (Lipinski definition) is 5. The second-order valence-corrected chi connectivity index (χ2v) is 5.13. The third-order valence-electron chi connectivity index (χ3n) is 3.62. The lowest BCUT2D eigenvalue weighted by Gasteiger charge is -2.33. The first-order valence-electron chi connectivity index (χ1n) is 7.09. The average Bonchev–Trinajstić information content (AvgIpc) is 2.95. The van der Waals surface area contributed by atoms with E-state index >= 15 is 0 Å². The van der Waals surface area contributed by atoms with Crippen LogP contribution in [0.5, 0.6) is 0 Å². The normalized spacial score (nSPS) is 15.3. The molecule has 6 heteroatoms. The summed E-state index contributed by atoms with van der Waals surface area (Å²) in [5, 5.41) is 7.85. The Morgan fingerprint density at radius 3 is 2.48 bits per heavy atom. The van der Waals surface area contributed by atoms with Gasteiger partial charge in [0.25, 0.3) is 0 Å². The highest BCUT2D eigenvalue weighted by molar-refractivity contribution is 5.79. The molecule has 1 aromatic carbocycles. The summed E-state index contributed by atoms with van der Waals surface area (Å²) in [5.41, 5.74) is 1.05. The summed E-state index contributed by atoms with van der Waals surface area (Å²) >= 11 is 0. The van der Waals surface area contributed by atoms with Crippen molar-refractivity contribution in [3.05, 3.63) is 41.8 Å². The van der Waals surface area contributed by atoms with Gasteiger partial charge in [-0.2, -0.15) is 0 Å². The predicted octanol–water partition coefficient (Wildman–Crippen LogP) is 1.27. The standard InChI is InChI=1S/C15H18N4O2/c1-12-16-17-15(21-12)19-9-7-18(8-10-19)14(20)11-13-5-3-2-4-6-13/h2-6H,7-11H2,1H3. The maximum absolute atomic E-state index is 12.3. The Morgan fingerprint density at radius 2 is 1.86 bits per heavy atom. The zero-order chi connectivity index (χ0) is 14.7. The highest BCUT2D eigenvalue weighted by Crippen LogP contribution is 2.15. The van der Waals surface area contributed by atoms with E-state index in [4.69, 9.17) is 4.42 Å². The maximum atomic E-state index is 12.3. The summed E-state index contributed by atoms with van der Waals surface area (Å²) in [5.74, 6) is 0.732. The quantitative estimate of drug-likeness (QED) is 0.850. The van der Waals surface area contributed by atoms with Crippen LogP contribution in [-0.4, -0.2) is 47.2 Å². The molecule has 1 saturated heterocycles. The summed E-state index contributed by atoms with van der Waals surface area (Å²) in [6.45, 7) is 4.60. The Labute approximate surface area is 123 Å². The molecule has 0 saturated carbocycles. The summed E-state index contributed by atoms with van der Waals surface area (Å²) < 4.78 is 5.41. The Balaban J connectivity index is 1.54. The highest BCUT2D eigenvalue weighted by Gasteiger charge is 2.23. The number of aryl methyl sites for hydroxylation is 1. The lowest BCUT2D eigenvalue weighted by atomic mass is 10.1. The summed E-state index contributed by atoms with van der Waals surface area (Å²) in [7, 11) is 0. The van der Waals surface area contributed by atoms with Crippen LogP contribution < -0.4 is 4.90 Å². The molecule has 2 aromatic rings. The van der Waals surface area contributed by atoms with Crippen LogP contribution in [0, 0.1) is 6.92 Å². The average molecular weight is 286 g/mol. The molecule has 0 aliphatic carbocycles. The molecule has 21 heavy (non-hydrogen) atoms. The van der Waals surface area contributed by atoms with Crippen molar-refractivity contribution in [3.63, 3.8) is 0 Å². The fourth-order valence-corrected chi connectivity index (χ4v) is 2.44. The van der Waals surface area contributed by atoms with Crippen molar-refractivity contribution in [3.8, 4) is 0 Å². The maximum Gasteiger partial charge on any atom is 0.318 e. The first-order valence-corrected chi connectivity index (χ1v) is 7.09. The van der Waals surface area contributed by atoms with Gasteiger partial charge in [-0.15, -0.1) is 5.10 Å². The third-order valence-corrected chi connectivity index (χ3v) is 3.62. The van der Waals surface area contributed by atoms with Gasteiger partial charge in [-0.3, -0.25) is 4.79 Å². The smallest absolute Gasteiger partial charge is 0.318 e. The van der Waals surface area contributed by atoms with Gasteiger partial charge in [-0.1, -0.05) is 35.4 Å². The molecule has 110 valence electrons. The molecule has 1 fully saturated rings. The monoisotopic (exact) mass is 286 g/mol. The lowest BCUT2D eigenvalue weighted by Crippen LogP contribution is -2.49. The van der Waals surface area contributed by atoms with Crippen LogP contribution in [0.1, 0.15) is 11.5 Å². The van der Waals surface area contributed by atoms with Crippen LogP contribution in [0.15, 0.2) is 34.7 Å². The van der Waals surface area contributed by atoms with E-state index in [0.29, 0.717) is 31.4 Å². The number of aromatic nitrogens is 2. The van der Waals surface area contributed by atoms with Gasteiger partial charge in [0.2, 0.25) is 11.8 Å². The number of piperazine rings is 1. The summed E-state index contributed by atoms with van der Waals surface area (Å²) in [4.78, 5) is 16.2. The number of benzene rings is 1. The Bertz CT molecular complexity index is 603.